The molecular formula is C20H24N2O2. The molecule has 2 atom stereocenters. The van der Waals surface area contributed by atoms with Gasteiger partial charge in [0.05, 0.1) is 12.1 Å². The second kappa shape index (κ2) is 8.29. The first-order valence-electron chi connectivity index (χ1n) is 8.20. The number of benzene rings is 2. The number of hydrogen-bond donors (Lipinski definition) is 2. The molecule has 0 fully saturated rings. The summed E-state index contributed by atoms with van der Waals surface area (Å²) in [6.45, 7) is 5.89. The van der Waals surface area contributed by atoms with Crippen molar-refractivity contribution in [2.24, 2.45) is 5.92 Å². The quantitative estimate of drug-likeness (QED) is 0.828. The van der Waals surface area contributed by atoms with Crippen LogP contribution in [0, 0.1) is 5.92 Å². The molecule has 0 saturated heterocycles. The second-order valence-electron chi connectivity index (χ2n) is 6.21. The molecule has 0 aliphatic rings. The maximum absolute atomic E-state index is 12.3. The van der Waals surface area contributed by atoms with Crippen LogP contribution in [0.2, 0.25) is 0 Å². The lowest BCUT2D eigenvalue weighted by molar-refractivity contribution is -0.140. The zero-order valence-electron chi connectivity index (χ0n) is 14.3. The van der Waals surface area contributed by atoms with Gasteiger partial charge in [0.15, 0.2) is 0 Å². The molecule has 2 rings (SSSR count). The van der Waals surface area contributed by atoms with Gasteiger partial charge >= 0.3 is 11.8 Å². The first-order valence-corrected chi connectivity index (χ1v) is 8.20. The van der Waals surface area contributed by atoms with Gasteiger partial charge in [-0.2, -0.15) is 0 Å². The lowest BCUT2D eigenvalue weighted by Gasteiger charge is -2.23. The number of carbonyl (C=O) groups excluding carboxylic acids is 2. The van der Waals surface area contributed by atoms with Gasteiger partial charge in [-0.05, 0) is 24.0 Å². The third-order valence-electron chi connectivity index (χ3n) is 3.97. The largest absolute Gasteiger partial charge is 0.341 e. The van der Waals surface area contributed by atoms with Crippen LogP contribution in [0.5, 0.6) is 0 Å². The lowest BCUT2D eigenvalue weighted by atomic mass is 9.96. The Morgan fingerprint density at radius 2 is 1.17 bits per heavy atom. The van der Waals surface area contributed by atoms with Gasteiger partial charge in [-0.1, -0.05) is 74.5 Å². The van der Waals surface area contributed by atoms with E-state index in [0.29, 0.717) is 0 Å². The predicted molar refractivity (Wildman–Crippen MR) is 95.2 cm³/mol. The fourth-order valence-electron chi connectivity index (χ4n) is 2.59. The van der Waals surface area contributed by atoms with Gasteiger partial charge in [-0.3, -0.25) is 9.59 Å². The zero-order valence-corrected chi connectivity index (χ0v) is 14.3. The summed E-state index contributed by atoms with van der Waals surface area (Å²) in [6, 6.07) is 18.8. The molecule has 0 radical (unpaired) electrons. The van der Waals surface area contributed by atoms with E-state index in [-0.39, 0.29) is 18.0 Å². The number of hydrogen-bond acceptors (Lipinski definition) is 2. The van der Waals surface area contributed by atoms with Crippen molar-refractivity contribution < 1.29 is 9.59 Å². The van der Waals surface area contributed by atoms with Gasteiger partial charge in [0, 0.05) is 0 Å². The van der Waals surface area contributed by atoms with Crippen LogP contribution in [0.25, 0.3) is 0 Å². The summed E-state index contributed by atoms with van der Waals surface area (Å²) in [4.78, 5) is 24.5. The summed E-state index contributed by atoms with van der Waals surface area (Å²) in [5, 5.41) is 5.58. The number of rotatable bonds is 5. The van der Waals surface area contributed by atoms with Crippen LogP contribution in [0.4, 0.5) is 0 Å². The Labute approximate surface area is 143 Å². The van der Waals surface area contributed by atoms with Crippen LogP contribution < -0.4 is 10.6 Å². The van der Waals surface area contributed by atoms with Gasteiger partial charge in [-0.15, -0.1) is 0 Å². The fourth-order valence-corrected chi connectivity index (χ4v) is 2.59. The summed E-state index contributed by atoms with van der Waals surface area (Å²) in [5.74, 6) is -1.05. The smallest absolute Gasteiger partial charge is 0.309 e. The van der Waals surface area contributed by atoms with Crippen molar-refractivity contribution in [1.82, 2.24) is 10.6 Å². The highest BCUT2D eigenvalue weighted by Crippen LogP contribution is 2.21. The van der Waals surface area contributed by atoms with E-state index >= 15 is 0 Å². The maximum atomic E-state index is 12.3. The number of amides is 2. The minimum Gasteiger partial charge on any atom is -0.341 e. The summed E-state index contributed by atoms with van der Waals surface area (Å²) in [6.07, 6.45) is 0. The second-order valence-corrected chi connectivity index (χ2v) is 6.21. The molecule has 0 aromatic heterocycles. The van der Waals surface area contributed by atoms with Crippen LogP contribution in [0.1, 0.15) is 44.0 Å². The standard InChI is InChI=1S/C20H24N2O2/c1-14(2)18(17-12-8-5-9-13-17)22-20(24)19(23)21-15(3)16-10-6-4-7-11-16/h4-15,18H,1-3H3,(H,21,23)(H,22,24)/t15-,18-/m1/s1. The Kier molecular flexibility index (Phi) is 6.13. The van der Waals surface area contributed by atoms with E-state index in [1.165, 1.54) is 0 Å². The third kappa shape index (κ3) is 4.69. The normalized spacial score (nSPS) is 13.2. The van der Waals surface area contributed by atoms with E-state index in [9.17, 15) is 9.59 Å². The summed E-state index contributed by atoms with van der Waals surface area (Å²) in [7, 11) is 0. The molecule has 0 bridgehead atoms. The van der Waals surface area contributed by atoms with E-state index in [4.69, 9.17) is 0 Å². The summed E-state index contributed by atoms with van der Waals surface area (Å²) < 4.78 is 0. The monoisotopic (exact) mass is 324 g/mol. The van der Waals surface area contributed by atoms with Crippen LogP contribution in [0.3, 0.4) is 0 Å². The molecule has 2 aromatic carbocycles. The van der Waals surface area contributed by atoms with Crippen molar-refractivity contribution in [3.05, 3.63) is 71.8 Å². The number of carbonyl (C=O) groups is 2. The Morgan fingerprint density at radius 1 is 0.708 bits per heavy atom. The third-order valence-corrected chi connectivity index (χ3v) is 3.97. The highest BCUT2D eigenvalue weighted by atomic mass is 16.2. The lowest BCUT2D eigenvalue weighted by Crippen LogP contribution is -2.43. The predicted octanol–water partition coefficient (Wildman–Crippen LogP) is 3.38. The first kappa shape index (κ1) is 17.7. The van der Waals surface area contributed by atoms with Crippen molar-refractivity contribution in [1.29, 1.82) is 0 Å². The molecular weight excluding hydrogens is 300 g/mol. The van der Waals surface area contributed by atoms with Crippen molar-refractivity contribution >= 4 is 11.8 Å². The van der Waals surface area contributed by atoms with Crippen molar-refractivity contribution in [3.63, 3.8) is 0 Å². The van der Waals surface area contributed by atoms with Crippen molar-refractivity contribution in [2.45, 2.75) is 32.9 Å². The van der Waals surface area contributed by atoms with Crippen LogP contribution >= 0.6 is 0 Å². The Bertz CT molecular complexity index is 669. The fraction of sp³-hybridized carbons (Fsp3) is 0.300. The molecule has 0 aliphatic carbocycles. The van der Waals surface area contributed by atoms with Gasteiger partial charge in [0.2, 0.25) is 0 Å². The first-order chi connectivity index (χ1) is 11.5. The molecule has 2 N–H and O–H groups in total. The van der Waals surface area contributed by atoms with E-state index in [2.05, 4.69) is 10.6 Å². The van der Waals surface area contributed by atoms with Crippen LogP contribution in [0.15, 0.2) is 60.7 Å². The summed E-state index contributed by atoms with van der Waals surface area (Å²) >= 11 is 0. The highest BCUT2D eigenvalue weighted by molar-refractivity contribution is 6.35. The molecule has 0 saturated carbocycles. The Hall–Kier alpha value is -2.62. The molecule has 0 aliphatic heterocycles. The molecule has 0 unspecified atom stereocenters. The molecule has 2 amide bonds. The SMILES string of the molecule is CC(C)[C@@H](NC(=O)C(=O)N[C@H](C)c1ccccc1)c1ccccc1. The average molecular weight is 324 g/mol. The van der Waals surface area contributed by atoms with Gasteiger partial charge < -0.3 is 10.6 Å². The molecule has 0 heterocycles. The Balaban J connectivity index is 2.01. The van der Waals surface area contributed by atoms with Gasteiger partial charge in [-0.25, -0.2) is 0 Å². The average Bonchev–Trinajstić information content (AvgIpc) is 2.60. The van der Waals surface area contributed by atoms with Crippen molar-refractivity contribution in [3.8, 4) is 0 Å². The van der Waals surface area contributed by atoms with E-state index in [1.807, 2.05) is 81.4 Å². The van der Waals surface area contributed by atoms with E-state index in [1.54, 1.807) is 0 Å². The van der Waals surface area contributed by atoms with Crippen LogP contribution in [-0.2, 0) is 9.59 Å². The zero-order chi connectivity index (χ0) is 17.5. The van der Waals surface area contributed by atoms with E-state index < -0.39 is 11.8 Å². The van der Waals surface area contributed by atoms with Gasteiger partial charge in [0.1, 0.15) is 0 Å². The Morgan fingerprint density at radius 3 is 1.67 bits per heavy atom. The minimum atomic E-state index is -0.618. The molecule has 126 valence electrons. The van der Waals surface area contributed by atoms with Crippen LogP contribution in [-0.4, -0.2) is 11.8 Å². The topological polar surface area (TPSA) is 58.2 Å². The molecule has 24 heavy (non-hydrogen) atoms. The van der Waals surface area contributed by atoms with Crippen molar-refractivity contribution in [2.75, 3.05) is 0 Å². The molecule has 4 heteroatoms. The maximum Gasteiger partial charge on any atom is 0.309 e. The molecule has 0 spiro atoms. The van der Waals surface area contributed by atoms with E-state index in [0.717, 1.165) is 11.1 Å². The molecule has 4 nitrogen and oxygen atoms in total. The molecule has 2 aromatic rings. The minimum absolute atomic E-state index is 0.177. The number of nitrogens with one attached hydrogen (secondary N) is 2. The van der Waals surface area contributed by atoms with Gasteiger partial charge in [0.25, 0.3) is 0 Å². The highest BCUT2D eigenvalue weighted by Gasteiger charge is 2.23. The summed E-state index contributed by atoms with van der Waals surface area (Å²) in [5.41, 5.74) is 1.95.